The number of carbonyl (C=O) groups excluding carboxylic acids is 1. The Kier molecular flexibility index (Phi) is 4.76. The fourth-order valence-electron chi connectivity index (χ4n) is 2.77. The Morgan fingerprint density at radius 2 is 2.22 bits per heavy atom. The van der Waals surface area contributed by atoms with Crippen LogP contribution in [0.1, 0.15) is 42.6 Å². The maximum Gasteiger partial charge on any atom is 0.249 e. The fraction of sp³-hybridized carbons (Fsp3) is 0.353. The van der Waals surface area contributed by atoms with Crippen LogP contribution < -0.4 is 0 Å². The predicted molar refractivity (Wildman–Crippen MR) is 87.8 cm³/mol. The Balaban J connectivity index is 1.78. The first-order valence-electron chi connectivity index (χ1n) is 7.68. The molecule has 0 spiro atoms. The summed E-state index contributed by atoms with van der Waals surface area (Å²) in [6.45, 7) is 2.47. The minimum absolute atomic E-state index is 0.0644. The van der Waals surface area contributed by atoms with E-state index in [0.717, 1.165) is 24.8 Å². The van der Waals surface area contributed by atoms with Crippen LogP contribution in [-0.2, 0) is 4.79 Å². The molecule has 3 rings (SSSR count). The summed E-state index contributed by atoms with van der Waals surface area (Å²) in [4.78, 5) is 18.7. The molecule has 1 aromatic carbocycles. The summed E-state index contributed by atoms with van der Waals surface area (Å²) in [5, 5.41) is 4.46. The lowest BCUT2D eigenvalue weighted by Gasteiger charge is -2.32. The molecule has 2 aromatic rings. The summed E-state index contributed by atoms with van der Waals surface area (Å²) in [7, 11) is 0. The van der Waals surface area contributed by atoms with E-state index in [4.69, 9.17) is 16.1 Å². The van der Waals surface area contributed by atoms with Crippen molar-refractivity contribution in [1.29, 1.82) is 0 Å². The lowest BCUT2D eigenvalue weighted by atomic mass is 10.0. The van der Waals surface area contributed by atoms with Crippen LogP contribution in [0.3, 0.4) is 0 Å². The number of piperidine rings is 1. The van der Waals surface area contributed by atoms with Gasteiger partial charge in [-0.25, -0.2) is 0 Å². The summed E-state index contributed by atoms with van der Waals surface area (Å²) in [6, 6.07) is 7.28. The highest BCUT2D eigenvalue weighted by atomic mass is 35.5. The molecule has 1 aliphatic heterocycles. The molecular formula is C17H18ClN3O2. The van der Waals surface area contributed by atoms with Crippen molar-refractivity contribution in [2.45, 2.75) is 32.2 Å². The summed E-state index contributed by atoms with van der Waals surface area (Å²) < 4.78 is 5.27. The van der Waals surface area contributed by atoms with Gasteiger partial charge in [-0.15, -0.1) is 0 Å². The standard InChI is InChI=1S/C17H18ClN3O2/c1-12-19-17(23-20-12)15-8-4-5-11-21(15)16(22)10-9-13-6-2-3-7-14(13)18/h2-3,6-7,9-10,15H,4-5,8,11H2,1H3/b10-9+/t15-/m1/s1. The van der Waals surface area contributed by atoms with Crippen LogP contribution in [0.5, 0.6) is 0 Å². The number of aryl methyl sites for hydroxylation is 1. The zero-order valence-electron chi connectivity index (χ0n) is 12.9. The van der Waals surface area contributed by atoms with Crippen molar-refractivity contribution in [2.75, 3.05) is 6.54 Å². The first-order valence-corrected chi connectivity index (χ1v) is 8.06. The van der Waals surface area contributed by atoms with Gasteiger partial charge < -0.3 is 9.42 Å². The molecular weight excluding hydrogens is 314 g/mol. The van der Waals surface area contributed by atoms with Gasteiger partial charge in [-0.1, -0.05) is 35.0 Å². The summed E-state index contributed by atoms with van der Waals surface area (Å²) in [5.74, 6) is 1.04. The Labute approximate surface area is 139 Å². The van der Waals surface area contributed by atoms with Crippen LogP contribution in [0.15, 0.2) is 34.9 Å². The molecule has 1 fully saturated rings. The van der Waals surface area contributed by atoms with Crippen molar-refractivity contribution in [1.82, 2.24) is 15.0 Å². The van der Waals surface area contributed by atoms with E-state index in [2.05, 4.69) is 10.1 Å². The zero-order chi connectivity index (χ0) is 16.2. The average Bonchev–Trinajstić information content (AvgIpc) is 3.00. The minimum Gasteiger partial charge on any atom is -0.337 e. The zero-order valence-corrected chi connectivity index (χ0v) is 13.7. The van der Waals surface area contributed by atoms with Crippen LogP contribution in [0.2, 0.25) is 5.02 Å². The molecule has 5 nitrogen and oxygen atoms in total. The number of aromatic nitrogens is 2. The third-order valence-electron chi connectivity index (χ3n) is 3.92. The second-order valence-corrected chi connectivity index (χ2v) is 5.99. The number of benzene rings is 1. The first-order chi connectivity index (χ1) is 11.1. The maximum absolute atomic E-state index is 12.6. The van der Waals surface area contributed by atoms with Crippen molar-refractivity contribution in [3.05, 3.63) is 52.6 Å². The quantitative estimate of drug-likeness (QED) is 0.803. The molecule has 1 atom stereocenters. The SMILES string of the molecule is Cc1noc([C@H]2CCCCN2C(=O)/C=C/c2ccccc2Cl)n1. The smallest absolute Gasteiger partial charge is 0.249 e. The summed E-state index contributed by atoms with van der Waals surface area (Å²) in [6.07, 6.45) is 6.17. The average molecular weight is 332 g/mol. The number of likely N-dealkylation sites (tertiary alicyclic amines) is 1. The molecule has 0 radical (unpaired) electrons. The summed E-state index contributed by atoms with van der Waals surface area (Å²) in [5.41, 5.74) is 0.824. The fourth-order valence-corrected chi connectivity index (χ4v) is 2.97. The summed E-state index contributed by atoms with van der Waals surface area (Å²) >= 11 is 6.11. The highest BCUT2D eigenvalue weighted by Crippen LogP contribution is 2.30. The molecule has 1 amide bonds. The molecule has 6 heteroatoms. The van der Waals surface area contributed by atoms with Gasteiger partial charge in [-0.3, -0.25) is 4.79 Å². The number of rotatable bonds is 3. The lowest BCUT2D eigenvalue weighted by molar-refractivity contribution is -0.130. The molecule has 120 valence electrons. The van der Waals surface area contributed by atoms with Crippen molar-refractivity contribution in [3.8, 4) is 0 Å². The Morgan fingerprint density at radius 1 is 1.39 bits per heavy atom. The number of halogens is 1. The highest BCUT2D eigenvalue weighted by Gasteiger charge is 2.30. The van der Waals surface area contributed by atoms with Crippen molar-refractivity contribution >= 4 is 23.6 Å². The number of hydrogen-bond donors (Lipinski definition) is 0. The highest BCUT2D eigenvalue weighted by molar-refractivity contribution is 6.32. The molecule has 0 unspecified atom stereocenters. The minimum atomic E-state index is -0.145. The molecule has 1 aromatic heterocycles. The van der Waals surface area contributed by atoms with E-state index in [1.165, 1.54) is 0 Å². The topological polar surface area (TPSA) is 59.2 Å². The Bertz CT molecular complexity index is 726. The van der Waals surface area contributed by atoms with Crippen LogP contribution in [0, 0.1) is 6.92 Å². The van der Waals surface area contributed by atoms with Gasteiger partial charge in [0.05, 0.1) is 0 Å². The van der Waals surface area contributed by atoms with Gasteiger partial charge in [0, 0.05) is 17.6 Å². The first kappa shape index (κ1) is 15.7. The van der Waals surface area contributed by atoms with E-state index < -0.39 is 0 Å². The number of nitrogens with zero attached hydrogens (tertiary/aromatic N) is 3. The van der Waals surface area contributed by atoms with E-state index in [1.54, 1.807) is 30.0 Å². The molecule has 0 N–H and O–H groups in total. The number of hydrogen-bond acceptors (Lipinski definition) is 4. The second kappa shape index (κ2) is 6.96. The third-order valence-corrected chi connectivity index (χ3v) is 4.27. The van der Waals surface area contributed by atoms with Gasteiger partial charge in [0.2, 0.25) is 11.8 Å². The van der Waals surface area contributed by atoms with Gasteiger partial charge in [0.15, 0.2) is 5.82 Å². The van der Waals surface area contributed by atoms with E-state index in [0.29, 0.717) is 23.3 Å². The van der Waals surface area contributed by atoms with Crippen LogP contribution in [0.4, 0.5) is 0 Å². The van der Waals surface area contributed by atoms with Gasteiger partial charge in [0.25, 0.3) is 0 Å². The van der Waals surface area contributed by atoms with Crippen molar-refractivity contribution in [3.63, 3.8) is 0 Å². The molecule has 1 saturated heterocycles. The van der Waals surface area contributed by atoms with Gasteiger partial charge in [-0.05, 0) is 43.9 Å². The molecule has 2 heterocycles. The van der Waals surface area contributed by atoms with Gasteiger partial charge in [0.1, 0.15) is 6.04 Å². The van der Waals surface area contributed by atoms with Crippen LogP contribution in [-0.4, -0.2) is 27.5 Å². The van der Waals surface area contributed by atoms with E-state index in [1.807, 2.05) is 18.2 Å². The molecule has 1 aliphatic rings. The van der Waals surface area contributed by atoms with Gasteiger partial charge in [-0.2, -0.15) is 4.98 Å². The molecule has 23 heavy (non-hydrogen) atoms. The monoisotopic (exact) mass is 331 g/mol. The number of carbonyl (C=O) groups is 1. The third kappa shape index (κ3) is 3.62. The largest absolute Gasteiger partial charge is 0.337 e. The maximum atomic E-state index is 12.6. The van der Waals surface area contributed by atoms with Crippen LogP contribution >= 0.6 is 11.6 Å². The normalized spacial score (nSPS) is 18.5. The van der Waals surface area contributed by atoms with Crippen molar-refractivity contribution in [2.24, 2.45) is 0 Å². The molecule has 0 saturated carbocycles. The lowest BCUT2D eigenvalue weighted by Crippen LogP contribution is -2.37. The van der Waals surface area contributed by atoms with E-state index in [9.17, 15) is 4.79 Å². The van der Waals surface area contributed by atoms with E-state index >= 15 is 0 Å². The Hall–Kier alpha value is -2.14. The van der Waals surface area contributed by atoms with Crippen LogP contribution in [0.25, 0.3) is 6.08 Å². The molecule has 0 aliphatic carbocycles. The Morgan fingerprint density at radius 3 is 2.96 bits per heavy atom. The predicted octanol–water partition coefficient (Wildman–Crippen LogP) is 3.80. The van der Waals surface area contributed by atoms with Crippen molar-refractivity contribution < 1.29 is 9.32 Å². The molecule has 0 bridgehead atoms. The second-order valence-electron chi connectivity index (χ2n) is 5.58. The van der Waals surface area contributed by atoms with E-state index in [-0.39, 0.29) is 11.9 Å². The van der Waals surface area contributed by atoms with Gasteiger partial charge >= 0.3 is 0 Å². The number of amides is 1.